The Hall–Kier alpha value is -3.25. The zero-order valence-electron chi connectivity index (χ0n) is 24.0. The molecule has 0 aliphatic carbocycles. The quantitative estimate of drug-likeness (QED) is 0.183. The van der Waals surface area contributed by atoms with Gasteiger partial charge in [0.2, 0.25) is 11.8 Å². The van der Waals surface area contributed by atoms with Crippen LogP contribution in [-0.2, 0) is 33.7 Å². The molecule has 10 nitrogen and oxygen atoms in total. The number of hydrazine groups is 1. The molecule has 4 N–H and O–H groups in total. The minimum Gasteiger partial charge on any atom is -0.496 e. The van der Waals surface area contributed by atoms with Gasteiger partial charge >= 0.3 is 0 Å². The third-order valence-corrected chi connectivity index (χ3v) is 9.08. The number of ether oxygens (including phenoxy) is 2. The number of methoxy groups -OCH3 is 1. The van der Waals surface area contributed by atoms with Crippen molar-refractivity contribution in [3.8, 4) is 5.75 Å². The molecule has 11 heteroatoms. The molecule has 2 aromatic carbocycles. The van der Waals surface area contributed by atoms with Crippen LogP contribution in [-0.4, -0.2) is 46.5 Å². The lowest BCUT2D eigenvalue weighted by Crippen LogP contribution is -2.56. The Balaban J connectivity index is 2.33. The van der Waals surface area contributed by atoms with Crippen LogP contribution < -0.4 is 21.5 Å². The summed E-state index contributed by atoms with van der Waals surface area (Å²) < 4.78 is 37.5. The van der Waals surface area contributed by atoms with E-state index >= 15 is 0 Å². The Morgan fingerprint density at radius 1 is 1.10 bits per heavy atom. The van der Waals surface area contributed by atoms with Gasteiger partial charge in [0.15, 0.2) is 16.1 Å². The van der Waals surface area contributed by atoms with E-state index in [-0.39, 0.29) is 23.7 Å². The summed E-state index contributed by atoms with van der Waals surface area (Å²) in [4.78, 5) is 33.3. The number of hydroxylamine groups is 1. The number of amides is 2. The highest BCUT2D eigenvalue weighted by Crippen LogP contribution is 2.48. The molecule has 0 radical (unpaired) electrons. The number of nitrogens with two attached hydrogens (primary N) is 1. The van der Waals surface area contributed by atoms with Crippen molar-refractivity contribution in [3.63, 3.8) is 0 Å². The highest BCUT2D eigenvalue weighted by molar-refractivity contribution is 7.91. The zero-order valence-corrected chi connectivity index (χ0v) is 24.9. The third-order valence-electron chi connectivity index (χ3n) is 7.24. The van der Waals surface area contributed by atoms with Gasteiger partial charge in [0.25, 0.3) is 0 Å². The normalized spacial score (nSPS) is 18.8. The second-order valence-electron chi connectivity index (χ2n) is 10.6. The van der Waals surface area contributed by atoms with Crippen LogP contribution in [0.3, 0.4) is 0 Å². The summed E-state index contributed by atoms with van der Waals surface area (Å²) >= 11 is 0. The van der Waals surface area contributed by atoms with Gasteiger partial charge in [0.05, 0.1) is 18.9 Å². The van der Waals surface area contributed by atoms with Gasteiger partial charge in [-0.3, -0.25) is 15.0 Å². The topological polar surface area (TPSA) is 146 Å². The van der Waals surface area contributed by atoms with Crippen LogP contribution in [0.1, 0.15) is 50.7 Å². The lowest BCUT2D eigenvalue weighted by Gasteiger charge is -2.41. The molecule has 3 rings (SSSR count). The van der Waals surface area contributed by atoms with E-state index in [0.717, 1.165) is 19.1 Å². The molecule has 4 atom stereocenters. The van der Waals surface area contributed by atoms with Crippen molar-refractivity contribution in [2.45, 2.75) is 50.6 Å². The number of rotatable bonds is 13. The first-order valence-corrected chi connectivity index (χ1v) is 15.6. The molecule has 224 valence electrons. The fourth-order valence-corrected chi connectivity index (χ4v) is 6.96. The molecule has 2 amide bonds. The zero-order chi connectivity index (χ0) is 30.0. The molecule has 2 unspecified atom stereocenters. The van der Waals surface area contributed by atoms with Crippen molar-refractivity contribution in [1.82, 2.24) is 10.9 Å². The maximum absolute atomic E-state index is 14.3. The molecule has 0 spiro atoms. The number of carbonyl (C=O) groups is 2. The van der Waals surface area contributed by atoms with E-state index in [0.29, 0.717) is 18.6 Å². The first kappa shape index (κ1) is 32.3. The number of sulfone groups is 1. The van der Waals surface area contributed by atoms with Crippen molar-refractivity contribution in [2.24, 2.45) is 23.6 Å². The Morgan fingerprint density at radius 2 is 1.78 bits per heavy atom. The molecule has 0 aromatic heterocycles. The molecule has 1 saturated heterocycles. The maximum atomic E-state index is 14.3. The smallest absolute Gasteiger partial charge is 0.249 e. The maximum Gasteiger partial charge on any atom is 0.249 e. The van der Waals surface area contributed by atoms with Crippen LogP contribution >= 0.6 is 0 Å². The average Bonchev–Trinajstić information content (AvgIpc) is 2.97. The number of nitrogens with one attached hydrogen (secondary N) is 2. The lowest BCUT2D eigenvalue weighted by molar-refractivity contribution is -0.203. The summed E-state index contributed by atoms with van der Waals surface area (Å²) in [6, 6.07) is 15.7. The monoisotopic (exact) mass is 587 g/mol. The van der Waals surface area contributed by atoms with E-state index in [1.54, 1.807) is 30.3 Å². The SMILES string of the molecule is COc1ccccc1C(/C=C/c1ccccc1)([C@H](C(=O)NOC1CCCCO1)[C@@H](CC(C)C)C(=O)NN)S(C)(=O)=O. The van der Waals surface area contributed by atoms with Crippen LogP contribution in [0.15, 0.2) is 60.7 Å². The predicted octanol–water partition coefficient (Wildman–Crippen LogP) is 3.49. The van der Waals surface area contributed by atoms with Crippen molar-refractivity contribution < 1.29 is 32.3 Å². The average molecular weight is 588 g/mol. The highest BCUT2D eigenvalue weighted by Gasteiger charge is 2.56. The van der Waals surface area contributed by atoms with Gasteiger partial charge in [-0.05, 0) is 36.8 Å². The lowest BCUT2D eigenvalue weighted by atomic mass is 9.72. The van der Waals surface area contributed by atoms with E-state index in [9.17, 15) is 18.0 Å². The Kier molecular flexibility index (Phi) is 11.5. The summed E-state index contributed by atoms with van der Waals surface area (Å²) in [5, 5.41) is 0. The summed E-state index contributed by atoms with van der Waals surface area (Å²) in [7, 11) is -2.81. The van der Waals surface area contributed by atoms with Crippen LogP contribution in [0.4, 0.5) is 0 Å². The van der Waals surface area contributed by atoms with Gasteiger partial charge in [0.1, 0.15) is 10.5 Å². The van der Waals surface area contributed by atoms with E-state index in [1.165, 1.54) is 13.2 Å². The Labute approximate surface area is 242 Å². The number of hydrogen-bond donors (Lipinski definition) is 3. The number of hydrogen-bond acceptors (Lipinski definition) is 8. The first-order valence-electron chi connectivity index (χ1n) is 13.7. The summed E-state index contributed by atoms with van der Waals surface area (Å²) in [6.45, 7) is 4.23. The van der Waals surface area contributed by atoms with Crippen molar-refractivity contribution in [2.75, 3.05) is 20.0 Å². The highest BCUT2D eigenvalue weighted by atomic mass is 32.2. The summed E-state index contributed by atoms with van der Waals surface area (Å²) in [5.41, 5.74) is 5.50. The summed E-state index contributed by atoms with van der Waals surface area (Å²) in [5.74, 6) is 1.58. The molecule has 41 heavy (non-hydrogen) atoms. The second kappa shape index (κ2) is 14.6. The first-order chi connectivity index (χ1) is 19.5. The van der Waals surface area contributed by atoms with Crippen LogP contribution in [0, 0.1) is 17.8 Å². The van der Waals surface area contributed by atoms with Crippen LogP contribution in [0.5, 0.6) is 5.75 Å². The Bertz CT molecular complexity index is 1290. The van der Waals surface area contributed by atoms with Crippen LogP contribution in [0.2, 0.25) is 0 Å². The largest absolute Gasteiger partial charge is 0.496 e. The second-order valence-corrected chi connectivity index (χ2v) is 12.8. The van der Waals surface area contributed by atoms with Crippen molar-refractivity contribution >= 4 is 27.7 Å². The fourth-order valence-electron chi connectivity index (χ4n) is 5.34. The summed E-state index contributed by atoms with van der Waals surface area (Å²) in [6.07, 6.45) is 5.89. The molecule has 1 fully saturated rings. The van der Waals surface area contributed by atoms with Gasteiger partial charge in [-0.2, -0.15) is 0 Å². The van der Waals surface area contributed by atoms with Gasteiger partial charge in [-0.15, -0.1) is 0 Å². The predicted molar refractivity (Wildman–Crippen MR) is 157 cm³/mol. The molecule has 0 saturated carbocycles. The number of para-hydroxylation sites is 1. The van der Waals surface area contributed by atoms with E-state index in [4.69, 9.17) is 20.2 Å². The van der Waals surface area contributed by atoms with Crippen LogP contribution in [0.25, 0.3) is 6.08 Å². The molecule has 1 aliphatic heterocycles. The van der Waals surface area contributed by atoms with Gasteiger partial charge < -0.3 is 9.47 Å². The van der Waals surface area contributed by atoms with E-state index in [1.807, 2.05) is 44.2 Å². The van der Waals surface area contributed by atoms with E-state index < -0.39 is 44.5 Å². The van der Waals surface area contributed by atoms with Gasteiger partial charge in [-0.1, -0.05) is 74.5 Å². The fraction of sp³-hybridized carbons (Fsp3) is 0.467. The molecule has 2 aromatic rings. The molecular weight excluding hydrogens is 546 g/mol. The van der Waals surface area contributed by atoms with Gasteiger partial charge in [-0.25, -0.2) is 24.6 Å². The molecule has 1 heterocycles. The van der Waals surface area contributed by atoms with Crippen molar-refractivity contribution in [3.05, 3.63) is 71.8 Å². The molecule has 1 aliphatic rings. The van der Waals surface area contributed by atoms with Gasteiger partial charge in [0, 0.05) is 24.8 Å². The minimum absolute atomic E-state index is 0.0942. The van der Waals surface area contributed by atoms with Crippen molar-refractivity contribution in [1.29, 1.82) is 0 Å². The minimum atomic E-state index is -4.23. The van der Waals surface area contributed by atoms with E-state index in [2.05, 4.69) is 10.9 Å². The standard InChI is InChI=1S/C30H41N3O7S/c1-21(2)20-23(28(34)32-31)27(29(35)33-40-26-16-10-11-19-39-26)30(41(4,36)37,18-17-22-12-6-5-7-13-22)24-14-8-9-15-25(24)38-3/h5-9,12-15,17-18,21,23,26-27H,10-11,16,19-20,31H2,1-4H3,(H,32,34)(H,33,35)/b18-17+/t23-,26?,27+,30?/m1/s1. The Morgan fingerprint density at radius 3 is 2.37 bits per heavy atom. The molecular formula is C30H41N3O7S. The third kappa shape index (κ3) is 7.73. The molecule has 0 bridgehead atoms. The number of carbonyl (C=O) groups excluding carboxylic acids is 2. The number of benzene rings is 2.